The Morgan fingerprint density at radius 2 is 1.12 bits per heavy atom. The molecule has 232 valence electrons. The molecule has 0 aromatic carbocycles. The molecular formula is C27H38N8O6S2+2. The van der Waals surface area contributed by atoms with Crippen molar-refractivity contribution in [3.8, 4) is 0 Å². The van der Waals surface area contributed by atoms with Crippen LogP contribution in [0.2, 0.25) is 0 Å². The third kappa shape index (κ3) is 11.2. The minimum Gasteiger partial charge on any atom is -0.481 e. The maximum absolute atomic E-state index is 9.43. The van der Waals surface area contributed by atoms with Crippen LogP contribution in [0.15, 0.2) is 23.4 Å². The van der Waals surface area contributed by atoms with Crippen LogP contribution in [0.4, 0.5) is 11.6 Å². The predicted molar refractivity (Wildman–Crippen MR) is 161 cm³/mol. The second-order valence-electron chi connectivity index (χ2n) is 9.29. The number of hydrogen-bond acceptors (Lipinski definition) is 12. The molecule has 0 aliphatic rings. The molecule has 0 saturated heterocycles. The van der Waals surface area contributed by atoms with Gasteiger partial charge in [0.15, 0.2) is 24.5 Å². The van der Waals surface area contributed by atoms with Crippen LogP contribution in [0.5, 0.6) is 0 Å². The predicted octanol–water partition coefficient (Wildman–Crippen LogP) is 0.761. The Labute approximate surface area is 257 Å². The molecule has 0 amide bonds. The highest BCUT2D eigenvalue weighted by Crippen LogP contribution is 2.15. The van der Waals surface area contributed by atoms with Crippen molar-refractivity contribution in [2.75, 3.05) is 24.7 Å². The first-order valence-electron chi connectivity index (χ1n) is 13.1. The van der Waals surface area contributed by atoms with Crippen molar-refractivity contribution in [1.82, 2.24) is 19.9 Å². The number of nitrogens with two attached hydrogens (primary N) is 2. The van der Waals surface area contributed by atoms with E-state index in [4.69, 9.17) is 31.9 Å². The molecule has 0 atom stereocenters. The third-order valence-corrected chi connectivity index (χ3v) is 8.30. The zero-order chi connectivity index (χ0) is 32.1. The molecule has 8 N–H and O–H groups in total. The number of nitrogen functional groups attached to an aromatic ring is 2. The highest BCUT2D eigenvalue weighted by atomic mass is 32.1. The van der Waals surface area contributed by atoms with Gasteiger partial charge in [0.2, 0.25) is 11.0 Å². The summed E-state index contributed by atoms with van der Waals surface area (Å²) in [6.07, 6.45) is 4.13. The number of rotatable bonds is 10. The summed E-state index contributed by atoms with van der Waals surface area (Å²) in [5.74, 6) is -0.192. The van der Waals surface area contributed by atoms with Crippen LogP contribution in [-0.2, 0) is 35.5 Å². The summed E-state index contributed by atoms with van der Waals surface area (Å²) in [5, 5.41) is 33.4. The van der Waals surface area contributed by atoms with Crippen LogP contribution in [0.25, 0.3) is 0 Å². The zero-order valence-corrected chi connectivity index (χ0v) is 26.2. The molecule has 0 saturated carbocycles. The standard InChI is InChI=1S/2C12H17N4OS.C3H4O4/c2*1-8-11(3-4-17)18-7-16(8)6-10-5-14-9(2)15-12(10)13;4-2(5)1-3(6)7/h2*5,7,17H,3-4,6H2,1-2H3,(H2,13,14,15);1H2,(H,4,5)(H,6,7)/q2*+1;. The Morgan fingerprint density at radius 3 is 1.40 bits per heavy atom. The van der Waals surface area contributed by atoms with Crippen LogP contribution in [-0.4, -0.2) is 65.5 Å². The van der Waals surface area contributed by atoms with E-state index in [1.807, 2.05) is 38.7 Å². The molecule has 0 fully saturated rings. The second kappa shape index (κ2) is 17.1. The number of carboxylic acids is 2. The number of aliphatic hydroxyl groups is 2. The first-order chi connectivity index (χ1) is 20.4. The Morgan fingerprint density at radius 1 is 0.744 bits per heavy atom. The van der Waals surface area contributed by atoms with E-state index in [0.717, 1.165) is 22.5 Å². The van der Waals surface area contributed by atoms with Crippen molar-refractivity contribution in [3.05, 3.63) is 67.3 Å². The van der Waals surface area contributed by atoms with Crippen molar-refractivity contribution >= 4 is 46.2 Å². The normalized spacial score (nSPS) is 10.4. The van der Waals surface area contributed by atoms with Gasteiger partial charge in [-0.1, -0.05) is 22.7 Å². The Bertz CT molecular complexity index is 1410. The van der Waals surface area contributed by atoms with Crippen molar-refractivity contribution in [2.45, 2.75) is 60.0 Å². The van der Waals surface area contributed by atoms with Gasteiger partial charge in [0.1, 0.15) is 29.7 Å². The number of aryl methyl sites for hydroxylation is 2. The topological polar surface area (TPSA) is 226 Å². The van der Waals surface area contributed by atoms with E-state index in [1.165, 1.54) is 9.75 Å². The zero-order valence-electron chi connectivity index (χ0n) is 24.5. The summed E-state index contributed by atoms with van der Waals surface area (Å²) in [6, 6.07) is 0. The van der Waals surface area contributed by atoms with Gasteiger partial charge in [0.05, 0.1) is 20.9 Å². The molecule has 0 radical (unpaired) electrons. The average molecular weight is 635 g/mol. The molecule has 4 aromatic heterocycles. The lowest BCUT2D eigenvalue weighted by atomic mass is 10.2. The molecule has 0 spiro atoms. The SMILES string of the molecule is Cc1ncc(C[n+]2csc(CCO)c2C)c(N)n1.Cc1ncc(C[n+]2csc(CCO)c2C)c(N)n1.O=C(O)CC(=O)O. The lowest BCUT2D eigenvalue weighted by Crippen LogP contribution is -2.35. The minimum absolute atomic E-state index is 0.178. The number of hydrogen-bond donors (Lipinski definition) is 6. The Balaban J connectivity index is 0.000000247. The number of aromatic nitrogens is 6. The van der Waals surface area contributed by atoms with Crippen LogP contribution in [0.3, 0.4) is 0 Å². The quantitative estimate of drug-likeness (QED) is 0.105. The highest BCUT2D eigenvalue weighted by Gasteiger charge is 2.18. The van der Waals surface area contributed by atoms with E-state index >= 15 is 0 Å². The number of anilines is 2. The van der Waals surface area contributed by atoms with E-state index in [-0.39, 0.29) is 13.2 Å². The molecule has 0 aliphatic heterocycles. The van der Waals surface area contributed by atoms with Gasteiger partial charge in [-0.05, 0) is 13.8 Å². The molecule has 0 aliphatic carbocycles. The lowest BCUT2D eigenvalue weighted by Gasteiger charge is -2.01. The van der Waals surface area contributed by atoms with Gasteiger partial charge in [-0.2, -0.15) is 9.13 Å². The number of aliphatic carboxylic acids is 2. The van der Waals surface area contributed by atoms with Crippen LogP contribution in [0.1, 0.15) is 50.3 Å². The van der Waals surface area contributed by atoms with Crippen molar-refractivity contribution in [3.63, 3.8) is 0 Å². The summed E-state index contributed by atoms with van der Waals surface area (Å²) < 4.78 is 4.22. The molecule has 0 bridgehead atoms. The monoisotopic (exact) mass is 634 g/mol. The second-order valence-corrected chi connectivity index (χ2v) is 11.2. The number of aliphatic hydroxyl groups excluding tert-OH is 2. The van der Waals surface area contributed by atoms with Crippen LogP contribution < -0.4 is 20.6 Å². The summed E-state index contributed by atoms with van der Waals surface area (Å²) in [5.41, 5.74) is 20.0. The van der Waals surface area contributed by atoms with E-state index < -0.39 is 18.4 Å². The van der Waals surface area contributed by atoms with Gasteiger partial charge in [0, 0.05) is 52.3 Å². The maximum Gasteiger partial charge on any atom is 0.314 e. The fourth-order valence-corrected chi connectivity index (χ4v) is 5.63. The molecular weight excluding hydrogens is 596 g/mol. The van der Waals surface area contributed by atoms with Gasteiger partial charge in [-0.15, -0.1) is 0 Å². The number of nitrogens with zero attached hydrogens (tertiary/aromatic N) is 6. The van der Waals surface area contributed by atoms with Gasteiger partial charge < -0.3 is 31.9 Å². The molecule has 4 rings (SSSR count). The molecule has 4 heterocycles. The number of carbonyl (C=O) groups is 2. The molecule has 0 unspecified atom stereocenters. The van der Waals surface area contributed by atoms with Gasteiger partial charge in [-0.3, -0.25) is 9.59 Å². The summed E-state index contributed by atoms with van der Waals surface area (Å²) in [6.45, 7) is 9.43. The number of carboxylic acid groups (broad SMARTS) is 2. The van der Waals surface area contributed by atoms with Gasteiger partial charge in [-0.25, -0.2) is 19.9 Å². The van der Waals surface area contributed by atoms with E-state index in [0.29, 0.717) is 49.2 Å². The van der Waals surface area contributed by atoms with Crippen LogP contribution in [0, 0.1) is 27.7 Å². The molecule has 16 heteroatoms. The highest BCUT2D eigenvalue weighted by molar-refractivity contribution is 7.09. The molecule has 4 aromatic rings. The summed E-state index contributed by atoms with van der Waals surface area (Å²) in [7, 11) is 0. The minimum atomic E-state index is -1.31. The van der Waals surface area contributed by atoms with E-state index in [9.17, 15) is 9.59 Å². The maximum atomic E-state index is 9.43. The summed E-state index contributed by atoms with van der Waals surface area (Å²) >= 11 is 3.30. The Hall–Kier alpha value is -4.12. The van der Waals surface area contributed by atoms with E-state index in [1.54, 1.807) is 35.1 Å². The van der Waals surface area contributed by atoms with Crippen molar-refractivity contribution in [1.29, 1.82) is 0 Å². The lowest BCUT2D eigenvalue weighted by molar-refractivity contribution is -0.689. The smallest absolute Gasteiger partial charge is 0.314 e. The molecule has 14 nitrogen and oxygen atoms in total. The first-order valence-corrected chi connectivity index (χ1v) is 14.9. The van der Waals surface area contributed by atoms with Crippen molar-refractivity contribution < 1.29 is 39.1 Å². The largest absolute Gasteiger partial charge is 0.481 e. The van der Waals surface area contributed by atoms with Crippen molar-refractivity contribution in [2.24, 2.45) is 0 Å². The first kappa shape index (κ1) is 35.1. The average Bonchev–Trinajstić information content (AvgIpc) is 3.44. The van der Waals surface area contributed by atoms with E-state index in [2.05, 4.69) is 29.1 Å². The molecule has 43 heavy (non-hydrogen) atoms. The van der Waals surface area contributed by atoms with Gasteiger partial charge >= 0.3 is 11.9 Å². The third-order valence-electron chi connectivity index (χ3n) is 6.01. The Kier molecular flexibility index (Phi) is 14.0. The fraction of sp³-hybridized carbons (Fsp3) is 0.407. The van der Waals surface area contributed by atoms with Gasteiger partial charge in [0.25, 0.3) is 0 Å². The van der Waals surface area contributed by atoms with Crippen LogP contribution >= 0.6 is 22.7 Å². The summed E-state index contributed by atoms with van der Waals surface area (Å²) in [4.78, 5) is 37.9. The number of thiazole rings is 2. The fourth-order valence-electron chi connectivity index (χ4n) is 3.66.